The summed E-state index contributed by atoms with van der Waals surface area (Å²) in [5.41, 5.74) is 0.215. The van der Waals surface area contributed by atoms with Gasteiger partial charge >= 0.3 is 5.97 Å². The molecule has 0 aliphatic rings. The van der Waals surface area contributed by atoms with E-state index in [0.29, 0.717) is 4.47 Å². The Morgan fingerprint density at radius 3 is 2.80 bits per heavy atom. The van der Waals surface area contributed by atoms with Gasteiger partial charge in [-0.1, -0.05) is 0 Å². The molecular weight excluding hydrogens is 223 g/mol. The molecule has 0 unspecified atom stereocenters. The third kappa shape index (κ3) is 1.35. The van der Waals surface area contributed by atoms with Gasteiger partial charge in [0.2, 0.25) is 0 Å². The van der Waals surface area contributed by atoms with Crippen molar-refractivity contribution in [3.05, 3.63) is 20.8 Å². The molecule has 0 fully saturated rings. The van der Waals surface area contributed by atoms with Crippen molar-refractivity contribution in [2.24, 2.45) is 0 Å². The molecule has 0 aliphatic carbocycles. The second kappa shape index (κ2) is 3.12. The van der Waals surface area contributed by atoms with Gasteiger partial charge in [-0.2, -0.15) is 11.3 Å². The number of rotatable bonds is 1. The fraction of sp³-hybridized carbons (Fsp3) is 0. The lowest BCUT2D eigenvalue weighted by Crippen LogP contribution is -1.96. The molecule has 1 aromatic rings. The lowest BCUT2D eigenvalue weighted by atomic mass is 10.4. The van der Waals surface area contributed by atoms with Crippen molar-refractivity contribution in [1.29, 1.82) is 0 Å². The average molecular weight is 225 g/mol. The largest absolute Gasteiger partial charge is 0.381 e. The maximum Gasteiger partial charge on any atom is 0.381 e. The zero-order chi connectivity index (χ0) is 7.56. The summed E-state index contributed by atoms with van der Waals surface area (Å²) in [5, 5.41) is 3.18. The summed E-state index contributed by atoms with van der Waals surface area (Å²) in [4.78, 5) is 13.5. The highest BCUT2D eigenvalue weighted by atomic mass is 79.9. The summed E-state index contributed by atoms with van der Waals surface area (Å²) in [6, 6.07) is 0. The van der Waals surface area contributed by atoms with Crippen LogP contribution in [0.4, 0.5) is 4.53 Å². The minimum atomic E-state index is -0.965. The molecular formula is C5H2BrFO2S. The van der Waals surface area contributed by atoms with E-state index in [0.717, 1.165) is 0 Å². The van der Waals surface area contributed by atoms with Gasteiger partial charge in [0.25, 0.3) is 0 Å². The Hall–Kier alpha value is -0.420. The number of carbonyl (C=O) groups is 1. The Labute approximate surface area is 68.6 Å². The molecule has 0 atom stereocenters. The van der Waals surface area contributed by atoms with E-state index in [-0.39, 0.29) is 5.56 Å². The van der Waals surface area contributed by atoms with Crippen LogP contribution in [0.15, 0.2) is 15.2 Å². The number of thiophene rings is 1. The topological polar surface area (TPSA) is 26.3 Å². The lowest BCUT2D eigenvalue weighted by molar-refractivity contribution is -0.0788. The van der Waals surface area contributed by atoms with Crippen molar-refractivity contribution in [2.75, 3.05) is 0 Å². The van der Waals surface area contributed by atoms with E-state index >= 15 is 0 Å². The normalized spacial score (nSPS) is 9.40. The Morgan fingerprint density at radius 2 is 2.40 bits per heavy atom. The second-order valence-electron chi connectivity index (χ2n) is 1.50. The van der Waals surface area contributed by atoms with Gasteiger partial charge in [0.05, 0.1) is 5.56 Å². The number of halogens is 2. The molecule has 0 aliphatic heterocycles. The first-order valence-electron chi connectivity index (χ1n) is 2.30. The van der Waals surface area contributed by atoms with Crippen molar-refractivity contribution in [1.82, 2.24) is 0 Å². The van der Waals surface area contributed by atoms with Crippen molar-refractivity contribution < 1.29 is 14.3 Å². The van der Waals surface area contributed by atoms with E-state index in [1.165, 1.54) is 16.7 Å². The Morgan fingerprint density at radius 1 is 1.70 bits per heavy atom. The summed E-state index contributed by atoms with van der Waals surface area (Å²) in [6.45, 7) is 0. The molecule has 10 heavy (non-hydrogen) atoms. The first-order valence-corrected chi connectivity index (χ1v) is 4.04. The summed E-state index contributed by atoms with van der Waals surface area (Å²) in [6.07, 6.45) is 0. The van der Waals surface area contributed by atoms with Gasteiger partial charge in [-0.15, -0.1) is 0 Å². The van der Waals surface area contributed by atoms with Gasteiger partial charge in [-0.3, -0.25) is 0 Å². The van der Waals surface area contributed by atoms with E-state index in [9.17, 15) is 9.32 Å². The predicted octanol–water partition coefficient (Wildman–Crippen LogP) is 2.55. The van der Waals surface area contributed by atoms with E-state index in [2.05, 4.69) is 20.9 Å². The van der Waals surface area contributed by atoms with Crippen LogP contribution >= 0.6 is 27.3 Å². The quantitative estimate of drug-likeness (QED) is 0.734. The first-order chi connectivity index (χ1) is 4.75. The highest BCUT2D eigenvalue weighted by Gasteiger charge is 2.12. The number of hydrogen-bond donors (Lipinski definition) is 0. The molecule has 1 rings (SSSR count). The minimum Gasteiger partial charge on any atom is -0.249 e. The zero-order valence-corrected chi connectivity index (χ0v) is 7.04. The van der Waals surface area contributed by atoms with Crippen molar-refractivity contribution >= 4 is 33.2 Å². The maximum absolute atomic E-state index is 11.3. The lowest BCUT2D eigenvalue weighted by Gasteiger charge is -1.88. The summed E-state index contributed by atoms with van der Waals surface area (Å²) in [7, 11) is 0. The molecule has 0 saturated heterocycles. The molecule has 0 bridgehead atoms. The van der Waals surface area contributed by atoms with Crippen molar-refractivity contribution in [3.8, 4) is 0 Å². The predicted molar refractivity (Wildman–Crippen MR) is 38.5 cm³/mol. The summed E-state index contributed by atoms with van der Waals surface area (Å²) >= 11 is 4.35. The van der Waals surface area contributed by atoms with Crippen LogP contribution in [0.2, 0.25) is 0 Å². The molecule has 0 amide bonds. The molecule has 0 radical (unpaired) electrons. The molecule has 5 heteroatoms. The molecule has 0 N–H and O–H groups in total. The van der Waals surface area contributed by atoms with Crippen LogP contribution in [0.25, 0.3) is 0 Å². The highest BCUT2D eigenvalue weighted by molar-refractivity contribution is 9.10. The van der Waals surface area contributed by atoms with Crippen LogP contribution in [-0.2, 0) is 4.94 Å². The van der Waals surface area contributed by atoms with Gasteiger partial charge in [0, 0.05) is 19.8 Å². The molecule has 0 aromatic carbocycles. The average Bonchev–Trinajstić information content (AvgIpc) is 2.34. The van der Waals surface area contributed by atoms with Crippen LogP contribution in [0, 0.1) is 0 Å². The molecule has 1 heterocycles. The van der Waals surface area contributed by atoms with Gasteiger partial charge in [0.1, 0.15) is 0 Å². The third-order valence-corrected chi connectivity index (χ3v) is 2.61. The molecule has 0 saturated carbocycles. The Bertz CT molecular complexity index is 248. The van der Waals surface area contributed by atoms with Crippen LogP contribution in [0.5, 0.6) is 0 Å². The number of hydrogen-bond acceptors (Lipinski definition) is 3. The molecule has 2 nitrogen and oxygen atoms in total. The Balaban J connectivity index is 2.93. The van der Waals surface area contributed by atoms with Gasteiger partial charge in [-0.25, -0.2) is 9.74 Å². The van der Waals surface area contributed by atoms with Gasteiger partial charge < -0.3 is 0 Å². The first kappa shape index (κ1) is 7.68. The van der Waals surface area contributed by atoms with E-state index in [1.54, 1.807) is 5.38 Å². The van der Waals surface area contributed by atoms with Gasteiger partial charge in [-0.05, 0) is 15.9 Å². The van der Waals surface area contributed by atoms with E-state index in [4.69, 9.17) is 0 Å². The molecule has 0 spiro atoms. The molecule has 54 valence electrons. The van der Waals surface area contributed by atoms with Crippen molar-refractivity contribution in [2.45, 2.75) is 0 Å². The summed E-state index contributed by atoms with van der Waals surface area (Å²) < 4.78 is 11.8. The molecule has 1 aromatic heterocycles. The minimum absolute atomic E-state index is 0.215. The fourth-order valence-corrected chi connectivity index (χ4v) is 1.89. The third-order valence-electron chi connectivity index (χ3n) is 0.905. The highest BCUT2D eigenvalue weighted by Crippen LogP contribution is 2.21. The Kier molecular flexibility index (Phi) is 2.39. The van der Waals surface area contributed by atoms with Crippen LogP contribution in [-0.4, -0.2) is 5.97 Å². The number of carbonyl (C=O) groups excluding carboxylic acids is 1. The monoisotopic (exact) mass is 224 g/mol. The fourth-order valence-electron chi connectivity index (χ4n) is 0.469. The zero-order valence-electron chi connectivity index (χ0n) is 4.64. The van der Waals surface area contributed by atoms with Crippen molar-refractivity contribution in [3.63, 3.8) is 0 Å². The van der Waals surface area contributed by atoms with E-state index in [1.807, 2.05) is 0 Å². The van der Waals surface area contributed by atoms with E-state index < -0.39 is 5.97 Å². The van der Waals surface area contributed by atoms with Crippen LogP contribution < -0.4 is 0 Å². The van der Waals surface area contributed by atoms with Crippen LogP contribution in [0.3, 0.4) is 0 Å². The van der Waals surface area contributed by atoms with Gasteiger partial charge in [0.15, 0.2) is 0 Å². The summed E-state index contributed by atoms with van der Waals surface area (Å²) in [5.74, 6) is -0.965. The maximum atomic E-state index is 11.3. The van der Waals surface area contributed by atoms with Crippen LogP contribution in [0.1, 0.15) is 10.4 Å². The smallest absolute Gasteiger partial charge is 0.249 e. The standard InChI is InChI=1S/C5H2BrFO2S/c6-4-2-10-1-3(4)5(8)9-7/h1-2H. The SMILES string of the molecule is O=C(OF)c1cscc1Br. The second-order valence-corrected chi connectivity index (χ2v) is 3.10.